The Bertz CT molecular complexity index is 590. The highest BCUT2D eigenvalue weighted by atomic mass is 32.2. The van der Waals surface area contributed by atoms with E-state index in [9.17, 15) is 9.59 Å². The van der Waals surface area contributed by atoms with Crippen LogP contribution in [0.4, 0.5) is 4.79 Å². The Morgan fingerprint density at radius 3 is 2.79 bits per heavy atom. The highest BCUT2D eigenvalue weighted by molar-refractivity contribution is 7.99. The van der Waals surface area contributed by atoms with Gasteiger partial charge in [-0.3, -0.25) is 4.79 Å². The summed E-state index contributed by atoms with van der Waals surface area (Å²) >= 11 is 1.70. The fourth-order valence-electron chi connectivity index (χ4n) is 2.39. The Hall–Kier alpha value is -1.77. The largest absolute Gasteiger partial charge is 0.481 e. The molecule has 134 valence electrons. The van der Waals surface area contributed by atoms with Gasteiger partial charge in [0.15, 0.2) is 5.82 Å². The average Bonchev–Trinajstić information content (AvgIpc) is 2.93. The van der Waals surface area contributed by atoms with Gasteiger partial charge in [0.25, 0.3) is 0 Å². The van der Waals surface area contributed by atoms with Gasteiger partial charge in [-0.15, -0.1) is 0 Å². The number of thioether (sulfide) groups is 1. The van der Waals surface area contributed by atoms with E-state index in [-0.39, 0.29) is 18.7 Å². The monoisotopic (exact) mass is 357 g/mol. The molecule has 1 aromatic heterocycles. The smallest absolute Gasteiger partial charge is 0.408 e. The lowest BCUT2D eigenvalue weighted by atomic mass is 9.94. The van der Waals surface area contributed by atoms with Crippen molar-refractivity contribution < 1.29 is 24.0 Å². The van der Waals surface area contributed by atoms with Crippen molar-refractivity contribution in [3.63, 3.8) is 0 Å². The van der Waals surface area contributed by atoms with Crippen molar-refractivity contribution in [2.45, 2.75) is 57.6 Å². The lowest BCUT2D eigenvalue weighted by Gasteiger charge is -2.35. The Kier molecular flexibility index (Phi) is 5.74. The minimum absolute atomic E-state index is 0.0805. The van der Waals surface area contributed by atoms with Crippen LogP contribution in [0, 0.1) is 0 Å². The molecule has 9 heteroatoms. The van der Waals surface area contributed by atoms with Crippen LogP contribution in [0.2, 0.25) is 0 Å². The maximum Gasteiger partial charge on any atom is 0.408 e. The summed E-state index contributed by atoms with van der Waals surface area (Å²) in [5.74, 6) is 1.32. The predicted octanol–water partition coefficient (Wildman–Crippen LogP) is 2.33. The van der Waals surface area contributed by atoms with E-state index >= 15 is 0 Å². The van der Waals surface area contributed by atoms with Crippen LogP contribution >= 0.6 is 11.8 Å². The van der Waals surface area contributed by atoms with Gasteiger partial charge in [0.1, 0.15) is 11.1 Å². The van der Waals surface area contributed by atoms with Crippen LogP contribution < -0.4 is 5.32 Å². The molecule has 1 aromatic rings. The topological polar surface area (TPSA) is 115 Å². The van der Waals surface area contributed by atoms with Crippen molar-refractivity contribution in [2.75, 3.05) is 11.5 Å². The lowest BCUT2D eigenvalue weighted by Crippen LogP contribution is -2.51. The maximum absolute atomic E-state index is 12.2. The van der Waals surface area contributed by atoms with Gasteiger partial charge in [0.2, 0.25) is 5.89 Å². The summed E-state index contributed by atoms with van der Waals surface area (Å²) in [5.41, 5.74) is -1.35. The molecule has 1 aliphatic rings. The van der Waals surface area contributed by atoms with Crippen molar-refractivity contribution in [1.29, 1.82) is 0 Å². The summed E-state index contributed by atoms with van der Waals surface area (Å²) in [6.07, 6.45) is 1.14. The number of aromatic nitrogens is 2. The molecule has 0 spiro atoms. The number of carbonyl (C=O) groups is 2. The van der Waals surface area contributed by atoms with Crippen LogP contribution in [-0.2, 0) is 21.5 Å². The number of nitrogens with one attached hydrogen (secondary N) is 1. The van der Waals surface area contributed by atoms with Gasteiger partial charge in [-0.25, -0.2) is 4.79 Å². The third kappa shape index (κ3) is 5.12. The predicted molar refractivity (Wildman–Crippen MR) is 87.9 cm³/mol. The Morgan fingerprint density at radius 2 is 2.21 bits per heavy atom. The molecule has 1 fully saturated rings. The van der Waals surface area contributed by atoms with Gasteiger partial charge < -0.3 is 19.7 Å². The van der Waals surface area contributed by atoms with E-state index in [0.717, 1.165) is 12.2 Å². The van der Waals surface area contributed by atoms with Crippen LogP contribution in [0.3, 0.4) is 0 Å². The van der Waals surface area contributed by atoms with Crippen molar-refractivity contribution >= 4 is 23.8 Å². The second kappa shape index (κ2) is 7.42. The minimum Gasteiger partial charge on any atom is -0.481 e. The zero-order valence-electron chi connectivity index (χ0n) is 14.1. The van der Waals surface area contributed by atoms with Gasteiger partial charge in [-0.05, 0) is 39.4 Å². The van der Waals surface area contributed by atoms with Crippen molar-refractivity contribution in [3.05, 3.63) is 11.7 Å². The molecule has 1 amide bonds. The number of ether oxygens (including phenoxy) is 1. The van der Waals surface area contributed by atoms with Crippen LogP contribution in [0.1, 0.15) is 51.7 Å². The number of alkyl carbamates (subject to hydrolysis) is 1. The fraction of sp³-hybridized carbons (Fsp3) is 0.733. The molecule has 0 aliphatic carbocycles. The minimum atomic E-state index is -0.926. The number of hydrogen-bond donors (Lipinski definition) is 2. The normalized spacial score (nSPS) is 21.3. The molecule has 2 rings (SSSR count). The van der Waals surface area contributed by atoms with E-state index < -0.39 is 23.2 Å². The van der Waals surface area contributed by atoms with Crippen molar-refractivity contribution in [2.24, 2.45) is 0 Å². The van der Waals surface area contributed by atoms with Crippen LogP contribution in [0.25, 0.3) is 0 Å². The molecule has 1 saturated heterocycles. The van der Waals surface area contributed by atoms with Gasteiger partial charge in [0.05, 0.1) is 6.42 Å². The molecule has 1 atom stereocenters. The molecular formula is C15H23N3O5S. The number of carboxylic acids is 1. The molecule has 1 unspecified atom stereocenters. The Morgan fingerprint density at radius 1 is 1.46 bits per heavy atom. The number of rotatable bonds is 5. The number of aliphatic carboxylic acids is 1. The zero-order valence-corrected chi connectivity index (χ0v) is 14.9. The summed E-state index contributed by atoms with van der Waals surface area (Å²) in [4.78, 5) is 27.2. The van der Waals surface area contributed by atoms with E-state index in [2.05, 4.69) is 15.5 Å². The second-order valence-electron chi connectivity index (χ2n) is 6.77. The zero-order chi connectivity index (χ0) is 17.8. The van der Waals surface area contributed by atoms with Gasteiger partial charge in [-0.1, -0.05) is 5.16 Å². The van der Waals surface area contributed by atoms with E-state index in [1.165, 1.54) is 0 Å². The number of carbonyl (C=O) groups excluding carboxylic acids is 1. The van der Waals surface area contributed by atoms with Crippen LogP contribution in [0.5, 0.6) is 0 Å². The molecular weight excluding hydrogens is 334 g/mol. The molecule has 0 radical (unpaired) electrons. The first kappa shape index (κ1) is 18.6. The molecule has 0 aromatic carbocycles. The number of aryl methyl sites for hydroxylation is 1. The first-order chi connectivity index (χ1) is 11.2. The fourth-order valence-corrected chi connectivity index (χ4v) is 3.58. The van der Waals surface area contributed by atoms with Gasteiger partial charge in [0, 0.05) is 12.2 Å². The van der Waals surface area contributed by atoms with Crippen molar-refractivity contribution in [3.8, 4) is 0 Å². The molecule has 2 N–H and O–H groups in total. The number of hydrogen-bond acceptors (Lipinski definition) is 7. The molecule has 24 heavy (non-hydrogen) atoms. The van der Waals surface area contributed by atoms with Crippen LogP contribution in [0.15, 0.2) is 4.52 Å². The first-order valence-corrected chi connectivity index (χ1v) is 8.99. The summed E-state index contributed by atoms with van der Waals surface area (Å²) in [6, 6.07) is 0. The quantitative estimate of drug-likeness (QED) is 0.825. The van der Waals surface area contributed by atoms with Gasteiger partial charge in [-0.2, -0.15) is 16.7 Å². The maximum atomic E-state index is 12.2. The second-order valence-corrected chi connectivity index (χ2v) is 7.88. The van der Waals surface area contributed by atoms with Gasteiger partial charge >= 0.3 is 12.1 Å². The number of carboxylic acid groups (broad SMARTS) is 1. The Labute approximate surface area is 144 Å². The van der Waals surface area contributed by atoms with E-state index in [1.807, 2.05) is 0 Å². The van der Waals surface area contributed by atoms with E-state index in [1.54, 1.807) is 32.5 Å². The average molecular weight is 357 g/mol. The van der Waals surface area contributed by atoms with E-state index in [0.29, 0.717) is 18.0 Å². The molecule has 0 saturated carbocycles. The summed E-state index contributed by atoms with van der Waals surface area (Å²) in [5, 5.41) is 15.6. The van der Waals surface area contributed by atoms with Crippen LogP contribution in [-0.4, -0.2) is 44.4 Å². The lowest BCUT2D eigenvalue weighted by molar-refractivity contribution is -0.137. The van der Waals surface area contributed by atoms with E-state index in [4.69, 9.17) is 14.4 Å². The molecule has 0 bridgehead atoms. The highest BCUT2D eigenvalue weighted by Crippen LogP contribution is 2.34. The molecule has 8 nitrogen and oxygen atoms in total. The number of amides is 1. The number of nitrogens with zero attached hydrogens (tertiary/aromatic N) is 2. The standard InChI is InChI=1S/C15H23N3O5S/c1-14(2,3)22-13(21)17-15(7-4-8-24-9-15)12-16-10(23-18-12)5-6-11(19)20/h4-9H2,1-3H3,(H,17,21)(H,19,20). The SMILES string of the molecule is CC(C)(C)OC(=O)NC1(c2noc(CCC(=O)O)n2)CCCSC1. The highest BCUT2D eigenvalue weighted by Gasteiger charge is 2.41. The first-order valence-electron chi connectivity index (χ1n) is 7.84. The third-order valence-electron chi connectivity index (χ3n) is 3.43. The summed E-state index contributed by atoms with van der Waals surface area (Å²) in [7, 11) is 0. The summed E-state index contributed by atoms with van der Waals surface area (Å²) in [6.45, 7) is 5.40. The molecule has 1 aliphatic heterocycles. The molecule has 2 heterocycles. The summed E-state index contributed by atoms with van der Waals surface area (Å²) < 4.78 is 10.5. The van der Waals surface area contributed by atoms with Crippen molar-refractivity contribution in [1.82, 2.24) is 15.5 Å². The Balaban J connectivity index is 2.15. The third-order valence-corrected chi connectivity index (χ3v) is 4.70.